The molecule has 2 heterocycles. The van der Waals surface area contributed by atoms with Crippen LogP contribution in [-0.4, -0.2) is 15.0 Å². The highest BCUT2D eigenvalue weighted by Crippen LogP contribution is 2.28. The van der Waals surface area contributed by atoms with E-state index in [1.54, 1.807) is 18.3 Å². The zero-order valence-corrected chi connectivity index (χ0v) is 11.2. The van der Waals surface area contributed by atoms with Gasteiger partial charge in [0.2, 0.25) is 0 Å². The van der Waals surface area contributed by atoms with Crippen molar-refractivity contribution in [3.8, 4) is 0 Å². The van der Waals surface area contributed by atoms with Crippen LogP contribution in [0.15, 0.2) is 42.9 Å². The van der Waals surface area contributed by atoms with Crippen LogP contribution in [0.2, 0.25) is 10.0 Å². The van der Waals surface area contributed by atoms with E-state index in [-0.39, 0.29) is 0 Å². The average molecular weight is 291 g/mol. The summed E-state index contributed by atoms with van der Waals surface area (Å²) in [5.74, 6) is 0.677. The molecule has 0 aliphatic carbocycles. The average Bonchev–Trinajstić information content (AvgIpc) is 2.43. The summed E-state index contributed by atoms with van der Waals surface area (Å²) < 4.78 is 0. The molecule has 0 saturated carbocycles. The molecule has 3 aromatic rings. The number of anilines is 2. The molecule has 0 saturated heterocycles. The predicted octanol–water partition coefficient (Wildman–Crippen LogP) is 4.08. The van der Waals surface area contributed by atoms with Gasteiger partial charge in [0, 0.05) is 11.9 Å². The summed E-state index contributed by atoms with van der Waals surface area (Å²) in [5.41, 5.74) is 1.44. The van der Waals surface area contributed by atoms with Crippen LogP contribution in [0, 0.1) is 0 Å². The molecule has 0 bridgehead atoms. The van der Waals surface area contributed by atoms with Crippen LogP contribution in [0.5, 0.6) is 0 Å². The minimum atomic E-state index is 0.489. The molecule has 0 radical (unpaired) electrons. The number of rotatable bonds is 2. The molecular weight excluding hydrogens is 283 g/mol. The molecule has 4 nitrogen and oxygen atoms in total. The van der Waals surface area contributed by atoms with Gasteiger partial charge < -0.3 is 5.32 Å². The molecule has 0 unspecified atom stereocenters. The predicted molar refractivity (Wildman–Crippen MR) is 77.1 cm³/mol. The summed E-state index contributed by atoms with van der Waals surface area (Å²) in [6, 6.07) is 9.05. The fourth-order valence-electron chi connectivity index (χ4n) is 1.71. The van der Waals surface area contributed by atoms with E-state index in [0.717, 1.165) is 11.1 Å². The molecule has 0 spiro atoms. The lowest BCUT2D eigenvalue weighted by Gasteiger charge is -2.08. The molecule has 6 heteroatoms. The first-order chi connectivity index (χ1) is 9.24. The summed E-state index contributed by atoms with van der Waals surface area (Å²) in [7, 11) is 0. The van der Waals surface area contributed by atoms with E-state index < -0.39 is 0 Å². The molecule has 94 valence electrons. The van der Waals surface area contributed by atoms with Crippen molar-refractivity contribution in [1.29, 1.82) is 0 Å². The van der Waals surface area contributed by atoms with Crippen molar-refractivity contribution in [3.05, 3.63) is 52.9 Å². The Morgan fingerprint density at radius 1 is 0.947 bits per heavy atom. The first-order valence-corrected chi connectivity index (χ1v) is 6.27. The van der Waals surface area contributed by atoms with Crippen molar-refractivity contribution in [3.63, 3.8) is 0 Å². The Bertz CT molecular complexity index is 740. The number of hydrogen-bond donors (Lipinski definition) is 1. The number of nitrogens with zero attached hydrogens (tertiary/aromatic N) is 3. The van der Waals surface area contributed by atoms with Crippen molar-refractivity contribution in [2.24, 2.45) is 0 Å². The van der Waals surface area contributed by atoms with Gasteiger partial charge in [-0.25, -0.2) is 15.0 Å². The Labute approximate surface area is 119 Å². The van der Waals surface area contributed by atoms with Crippen LogP contribution in [0.25, 0.3) is 11.0 Å². The second-order valence-electron chi connectivity index (χ2n) is 3.85. The highest BCUT2D eigenvalue weighted by Gasteiger charge is 2.05. The van der Waals surface area contributed by atoms with E-state index in [2.05, 4.69) is 20.3 Å². The molecule has 0 atom stereocenters. The Hall–Kier alpha value is -1.91. The SMILES string of the molecule is Clc1ccc(Nc2ncnc3ncccc23)cc1Cl. The zero-order chi connectivity index (χ0) is 13.2. The Balaban J connectivity index is 2.03. The largest absolute Gasteiger partial charge is 0.340 e. The van der Waals surface area contributed by atoms with Gasteiger partial charge in [-0.1, -0.05) is 23.2 Å². The van der Waals surface area contributed by atoms with Crippen molar-refractivity contribution < 1.29 is 0 Å². The van der Waals surface area contributed by atoms with Crippen LogP contribution in [0.1, 0.15) is 0 Å². The third-order valence-corrected chi connectivity index (χ3v) is 3.33. The van der Waals surface area contributed by atoms with Crippen LogP contribution in [0.3, 0.4) is 0 Å². The Kier molecular flexibility index (Phi) is 3.19. The number of hydrogen-bond acceptors (Lipinski definition) is 4. The second kappa shape index (κ2) is 4.99. The molecule has 2 aromatic heterocycles. The molecule has 19 heavy (non-hydrogen) atoms. The van der Waals surface area contributed by atoms with Gasteiger partial charge >= 0.3 is 0 Å². The number of nitrogens with one attached hydrogen (secondary N) is 1. The first-order valence-electron chi connectivity index (χ1n) is 5.52. The molecule has 0 aliphatic rings. The summed E-state index contributed by atoms with van der Waals surface area (Å²) in [6.45, 7) is 0. The minimum absolute atomic E-state index is 0.489. The fraction of sp³-hybridized carbons (Fsp3) is 0. The van der Waals surface area contributed by atoms with Gasteiger partial charge in [-0.3, -0.25) is 0 Å². The van der Waals surface area contributed by atoms with Gasteiger partial charge in [0.15, 0.2) is 5.65 Å². The number of benzene rings is 1. The summed E-state index contributed by atoms with van der Waals surface area (Å²) >= 11 is 11.9. The van der Waals surface area contributed by atoms with Crippen LogP contribution in [-0.2, 0) is 0 Å². The Morgan fingerprint density at radius 2 is 1.84 bits per heavy atom. The van der Waals surface area contributed by atoms with E-state index in [0.29, 0.717) is 21.5 Å². The second-order valence-corrected chi connectivity index (χ2v) is 4.67. The van der Waals surface area contributed by atoms with Gasteiger partial charge in [0.05, 0.1) is 15.4 Å². The third-order valence-electron chi connectivity index (χ3n) is 2.59. The number of halogens is 2. The number of aromatic nitrogens is 3. The molecule has 0 fully saturated rings. The first kappa shape index (κ1) is 12.1. The van der Waals surface area contributed by atoms with Crippen molar-refractivity contribution in [2.45, 2.75) is 0 Å². The lowest BCUT2D eigenvalue weighted by molar-refractivity contribution is 1.18. The van der Waals surface area contributed by atoms with Gasteiger partial charge in [-0.2, -0.15) is 0 Å². The van der Waals surface area contributed by atoms with E-state index >= 15 is 0 Å². The number of fused-ring (bicyclic) bond motifs is 1. The van der Waals surface area contributed by atoms with E-state index in [9.17, 15) is 0 Å². The molecule has 0 aliphatic heterocycles. The zero-order valence-electron chi connectivity index (χ0n) is 9.64. The summed E-state index contributed by atoms with van der Waals surface area (Å²) in [5, 5.41) is 5.03. The molecule has 0 amide bonds. The van der Waals surface area contributed by atoms with Crippen LogP contribution >= 0.6 is 23.2 Å². The maximum absolute atomic E-state index is 5.98. The van der Waals surface area contributed by atoms with Gasteiger partial charge in [0.1, 0.15) is 12.1 Å². The minimum Gasteiger partial charge on any atom is -0.340 e. The smallest absolute Gasteiger partial charge is 0.164 e. The van der Waals surface area contributed by atoms with Gasteiger partial charge in [-0.05, 0) is 30.3 Å². The maximum atomic E-state index is 5.98. The molecule has 1 N–H and O–H groups in total. The van der Waals surface area contributed by atoms with E-state index in [1.165, 1.54) is 6.33 Å². The third kappa shape index (κ3) is 2.45. The van der Waals surface area contributed by atoms with E-state index in [1.807, 2.05) is 18.2 Å². The van der Waals surface area contributed by atoms with Crippen molar-refractivity contribution in [2.75, 3.05) is 5.32 Å². The highest BCUT2D eigenvalue weighted by molar-refractivity contribution is 6.42. The highest BCUT2D eigenvalue weighted by atomic mass is 35.5. The van der Waals surface area contributed by atoms with Gasteiger partial charge in [0.25, 0.3) is 0 Å². The summed E-state index contributed by atoms with van der Waals surface area (Å²) in [4.78, 5) is 12.5. The molecular formula is C13H8Cl2N4. The van der Waals surface area contributed by atoms with E-state index in [4.69, 9.17) is 23.2 Å². The fourth-order valence-corrected chi connectivity index (χ4v) is 2.00. The van der Waals surface area contributed by atoms with Crippen LogP contribution in [0.4, 0.5) is 11.5 Å². The molecule has 1 aromatic carbocycles. The van der Waals surface area contributed by atoms with Crippen molar-refractivity contribution in [1.82, 2.24) is 15.0 Å². The van der Waals surface area contributed by atoms with Gasteiger partial charge in [-0.15, -0.1) is 0 Å². The number of pyridine rings is 1. The Morgan fingerprint density at radius 3 is 2.68 bits per heavy atom. The lowest BCUT2D eigenvalue weighted by Crippen LogP contribution is -1.96. The lowest BCUT2D eigenvalue weighted by atomic mass is 10.3. The maximum Gasteiger partial charge on any atom is 0.164 e. The topological polar surface area (TPSA) is 50.7 Å². The van der Waals surface area contributed by atoms with Crippen LogP contribution < -0.4 is 5.32 Å². The van der Waals surface area contributed by atoms with Crippen molar-refractivity contribution >= 4 is 45.7 Å². The standard InChI is InChI=1S/C13H8Cl2N4/c14-10-4-3-8(6-11(10)15)19-13-9-2-1-5-16-12(9)17-7-18-13/h1-7H,(H,16,17,18,19). The molecule has 3 rings (SSSR count). The summed E-state index contributed by atoms with van der Waals surface area (Å²) in [6.07, 6.45) is 3.16. The quantitative estimate of drug-likeness (QED) is 0.773. The normalized spacial score (nSPS) is 10.6. The monoisotopic (exact) mass is 290 g/mol.